The first kappa shape index (κ1) is 23.0. The first-order chi connectivity index (χ1) is 2.89. The van der Waals surface area contributed by atoms with E-state index >= 15 is 0 Å². The summed E-state index contributed by atoms with van der Waals surface area (Å²) in [6.45, 7) is 0. The second kappa shape index (κ2) is 10.9. The Balaban J connectivity index is -0.0000000450. The van der Waals surface area contributed by atoms with Crippen molar-refractivity contribution in [1.29, 1.82) is 0 Å². The van der Waals surface area contributed by atoms with Gasteiger partial charge < -0.3 is 18.7 Å². The summed E-state index contributed by atoms with van der Waals surface area (Å²) >= 11 is 0. The number of halogens is 3. The number of aryl methyl sites for hydroxylation is 1. The molecule has 0 saturated carbocycles. The average Bonchev–Trinajstić information content (AvgIpc) is 1.86. The van der Waals surface area contributed by atoms with Crippen LogP contribution in [0.2, 0.25) is 0 Å². The summed E-state index contributed by atoms with van der Waals surface area (Å²) in [4.78, 5) is 3.78. The zero-order valence-electron chi connectivity index (χ0n) is 5.34. The van der Waals surface area contributed by atoms with Gasteiger partial charge in [0.2, 0.25) is 0 Å². The van der Waals surface area contributed by atoms with Gasteiger partial charge >= 0.3 is 8.41 Å². The molecule has 10 heavy (non-hydrogen) atoms. The number of aromatic nitrogens is 2. The molecule has 0 spiro atoms. The topological polar surface area (TPSA) is 17.8 Å². The molecule has 0 unspecified atom stereocenters. The molecule has 0 aliphatic heterocycles. The maximum atomic E-state index is 3.78. The normalized spacial score (nSPS) is 5.30. The third-order valence-electron chi connectivity index (χ3n) is 0.637. The first-order valence-electron chi connectivity index (χ1n) is 1.81. The minimum Gasteiger partial charge on any atom is -1.00 e. The van der Waals surface area contributed by atoms with Crippen molar-refractivity contribution < 1.29 is 14.1 Å². The van der Waals surface area contributed by atoms with E-state index in [1.807, 2.05) is 17.8 Å². The second-order valence-electron chi connectivity index (χ2n) is 1.23. The van der Waals surface area contributed by atoms with Gasteiger partial charge in [-0.3, -0.25) is 0 Å². The van der Waals surface area contributed by atoms with E-state index in [2.05, 4.69) is 4.98 Å². The average molecular weight is 150 g/mol. The van der Waals surface area contributed by atoms with Gasteiger partial charge in [-0.15, -0.1) is 0 Å². The van der Waals surface area contributed by atoms with Crippen molar-refractivity contribution in [1.82, 2.24) is 9.55 Å². The van der Waals surface area contributed by atoms with Crippen molar-refractivity contribution >= 4 is 8.41 Å². The van der Waals surface area contributed by atoms with Crippen LogP contribution in [0.15, 0.2) is 18.7 Å². The fraction of sp³-hybridized carbons (Fsp3) is 0.250. The molecular weight excluding hydrogens is 144 g/mol. The molecule has 0 bridgehead atoms. The Morgan fingerprint density at radius 2 is 1.70 bits per heavy atom. The predicted molar refractivity (Wildman–Crippen MR) is 29.0 cm³/mol. The summed E-state index contributed by atoms with van der Waals surface area (Å²) in [5, 5.41) is 0. The number of imidazole rings is 1. The van der Waals surface area contributed by atoms with Crippen LogP contribution in [0.1, 0.15) is 0 Å². The van der Waals surface area contributed by atoms with E-state index in [0.29, 0.717) is 0 Å². The van der Waals surface area contributed by atoms with Gasteiger partial charge in [-0.25, -0.2) is 4.98 Å². The van der Waals surface area contributed by atoms with Gasteiger partial charge in [-0.05, 0) is 0 Å². The Morgan fingerprint density at radius 3 is 1.80 bits per heavy atom. The molecular formula is C4H6BF3N2. The largest absolute Gasteiger partial charge is 3.00 e. The Bertz CT molecular complexity index is 122. The summed E-state index contributed by atoms with van der Waals surface area (Å²) in [7, 11) is 1.94. The van der Waals surface area contributed by atoms with E-state index in [1.54, 1.807) is 12.5 Å². The molecule has 6 heteroatoms. The van der Waals surface area contributed by atoms with Crippen molar-refractivity contribution in [3.05, 3.63) is 18.7 Å². The van der Waals surface area contributed by atoms with Crippen molar-refractivity contribution in [2.75, 3.05) is 0 Å². The SMILES string of the molecule is Cn1ccnc1.[B+3].[F-].[F-].[F-]. The van der Waals surface area contributed by atoms with Gasteiger partial charge in [0.15, 0.2) is 0 Å². The molecule has 1 heterocycles. The molecule has 0 saturated heterocycles. The van der Waals surface area contributed by atoms with Crippen LogP contribution in [0.4, 0.5) is 0 Å². The van der Waals surface area contributed by atoms with Gasteiger partial charge in [0.05, 0.1) is 6.33 Å². The van der Waals surface area contributed by atoms with Crippen molar-refractivity contribution in [3.8, 4) is 0 Å². The number of rotatable bonds is 0. The molecule has 0 aromatic carbocycles. The second-order valence-corrected chi connectivity index (χ2v) is 1.23. The maximum absolute atomic E-state index is 3.78. The first-order valence-corrected chi connectivity index (χ1v) is 1.81. The van der Waals surface area contributed by atoms with Gasteiger partial charge in [-0.2, -0.15) is 0 Å². The van der Waals surface area contributed by atoms with Crippen LogP contribution in [0.3, 0.4) is 0 Å². The van der Waals surface area contributed by atoms with E-state index in [1.165, 1.54) is 0 Å². The van der Waals surface area contributed by atoms with E-state index in [-0.39, 0.29) is 22.5 Å². The molecule has 0 aliphatic carbocycles. The van der Waals surface area contributed by atoms with Gasteiger partial charge in [0, 0.05) is 19.4 Å². The fourth-order valence-corrected chi connectivity index (χ4v) is 0.326. The Morgan fingerprint density at radius 1 is 1.20 bits per heavy atom. The smallest absolute Gasteiger partial charge is 1.00 e. The summed E-state index contributed by atoms with van der Waals surface area (Å²) in [5.41, 5.74) is 0. The van der Waals surface area contributed by atoms with Gasteiger partial charge in [0.1, 0.15) is 0 Å². The van der Waals surface area contributed by atoms with Crippen LogP contribution in [0.25, 0.3) is 0 Å². The third kappa shape index (κ3) is 7.06. The summed E-state index contributed by atoms with van der Waals surface area (Å²) in [6.07, 6.45) is 5.39. The molecule has 0 atom stereocenters. The van der Waals surface area contributed by atoms with Crippen molar-refractivity contribution in [2.45, 2.75) is 0 Å². The molecule has 1 aromatic heterocycles. The number of nitrogens with zero attached hydrogens (tertiary/aromatic N) is 2. The van der Waals surface area contributed by atoms with Crippen molar-refractivity contribution in [2.24, 2.45) is 7.05 Å². The van der Waals surface area contributed by atoms with Crippen LogP contribution in [-0.2, 0) is 7.05 Å². The molecule has 56 valence electrons. The van der Waals surface area contributed by atoms with Gasteiger partial charge in [0.25, 0.3) is 0 Å². The number of hydrogen-bond donors (Lipinski definition) is 0. The van der Waals surface area contributed by atoms with Crippen molar-refractivity contribution in [3.63, 3.8) is 0 Å². The van der Waals surface area contributed by atoms with Crippen LogP contribution in [0.5, 0.6) is 0 Å². The summed E-state index contributed by atoms with van der Waals surface area (Å²) in [5.74, 6) is 0. The van der Waals surface area contributed by atoms with E-state index in [9.17, 15) is 0 Å². The predicted octanol–water partition coefficient (Wildman–Crippen LogP) is -8.95. The monoisotopic (exact) mass is 150 g/mol. The van der Waals surface area contributed by atoms with E-state index in [4.69, 9.17) is 0 Å². The Kier molecular flexibility index (Phi) is 25.2. The quantitative estimate of drug-likeness (QED) is 0.336. The van der Waals surface area contributed by atoms with Crippen LogP contribution < -0.4 is 14.1 Å². The molecule has 0 radical (unpaired) electrons. The maximum Gasteiger partial charge on any atom is 3.00 e. The molecule has 2 nitrogen and oxygen atoms in total. The summed E-state index contributed by atoms with van der Waals surface area (Å²) < 4.78 is 1.89. The van der Waals surface area contributed by atoms with Crippen LogP contribution in [0, 0.1) is 0 Å². The fourth-order valence-electron chi connectivity index (χ4n) is 0.326. The Hall–Kier alpha value is -0.935. The standard InChI is InChI=1S/C4H6N2.B.3FH/c1-6-3-2-5-4-6;;;;/h2-4H,1H3;;3*1H/q;+3;;;/p-3. The molecule has 1 rings (SSSR count). The molecule has 0 amide bonds. The molecule has 1 aromatic rings. The third-order valence-corrected chi connectivity index (χ3v) is 0.637. The Labute approximate surface area is 58.9 Å². The zero-order chi connectivity index (χ0) is 4.41. The minimum atomic E-state index is 0. The van der Waals surface area contributed by atoms with Crippen LogP contribution in [-0.4, -0.2) is 18.0 Å². The summed E-state index contributed by atoms with van der Waals surface area (Å²) in [6, 6.07) is 0. The van der Waals surface area contributed by atoms with E-state index < -0.39 is 0 Å². The minimum absolute atomic E-state index is 0. The zero-order valence-corrected chi connectivity index (χ0v) is 5.34. The number of hydrogen-bond acceptors (Lipinski definition) is 1. The van der Waals surface area contributed by atoms with Crippen LogP contribution >= 0.6 is 0 Å². The van der Waals surface area contributed by atoms with Gasteiger partial charge in [-0.1, -0.05) is 0 Å². The van der Waals surface area contributed by atoms with E-state index in [0.717, 1.165) is 0 Å². The molecule has 0 N–H and O–H groups in total. The molecule has 0 fully saturated rings. The molecule has 0 aliphatic rings.